The minimum absolute atomic E-state index is 0.0693. The van der Waals surface area contributed by atoms with Crippen molar-refractivity contribution in [2.75, 3.05) is 5.01 Å². The van der Waals surface area contributed by atoms with Gasteiger partial charge in [-0.3, -0.25) is 4.79 Å². The van der Waals surface area contributed by atoms with Crippen molar-refractivity contribution in [3.63, 3.8) is 0 Å². The summed E-state index contributed by atoms with van der Waals surface area (Å²) in [6.45, 7) is 5.71. The van der Waals surface area contributed by atoms with E-state index in [0.29, 0.717) is 6.42 Å². The summed E-state index contributed by atoms with van der Waals surface area (Å²) in [6, 6.07) is 7.35. The lowest BCUT2D eigenvalue weighted by molar-refractivity contribution is -0.117. The van der Waals surface area contributed by atoms with Gasteiger partial charge in [-0.05, 0) is 38.5 Å². The van der Waals surface area contributed by atoms with Crippen LogP contribution in [-0.4, -0.2) is 16.6 Å². The molecule has 1 saturated heterocycles. The van der Waals surface area contributed by atoms with Crippen molar-refractivity contribution in [1.29, 1.82) is 0 Å². The highest BCUT2D eigenvalue weighted by molar-refractivity contribution is 5.95. The topological polar surface area (TPSA) is 52.6 Å². The number of aliphatic hydroxyl groups excluding tert-OH is 1. The number of hydrogen-bond donors (Lipinski definition) is 2. The van der Waals surface area contributed by atoms with E-state index in [1.165, 1.54) is 0 Å². The molecule has 0 aliphatic carbocycles. The van der Waals surface area contributed by atoms with Crippen LogP contribution in [0.5, 0.6) is 0 Å². The predicted molar refractivity (Wildman–Crippen MR) is 66.4 cm³/mol. The standard InChI is InChI=1S/C13H18N2O2/c1-9(16)10-4-6-11(7-5-10)15-12(17)8-13(2,3)14-15/h4-7,9,14,16H,8H2,1-3H3. The number of anilines is 1. The molecule has 1 aromatic rings. The maximum Gasteiger partial charge on any atom is 0.243 e. The monoisotopic (exact) mass is 234 g/mol. The number of nitrogens with one attached hydrogen (secondary N) is 1. The van der Waals surface area contributed by atoms with Gasteiger partial charge in [0.05, 0.1) is 11.8 Å². The first-order chi connectivity index (χ1) is 7.89. The Bertz CT molecular complexity index is 424. The zero-order valence-corrected chi connectivity index (χ0v) is 10.4. The minimum Gasteiger partial charge on any atom is -0.389 e. The highest BCUT2D eigenvalue weighted by atomic mass is 16.3. The summed E-state index contributed by atoms with van der Waals surface area (Å²) in [6.07, 6.45) is 0.00764. The number of carbonyl (C=O) groups is 1. The van der Waals surface area contributed by atoms with Crippen molar-refractivity contribution < 1.29 is 9.90 Å². The van der Waals surface area contributed by atoms with Crippen LogP contribution in [0.1, 0.15) is 38.9 Å². The van der Waals surface area contributed by atoms with Crippen LogP contribution in [0.25, 0.3) is 0 Å². The predicted octanol–water partition coefficient (Wildman–Crippen LogP) is 1.76. The van der Waals surface area contributed by atoms with E-state index in [9.17, 15) is 9.90 Å². The first-order valence-corrected chi connectivity index (χ1v) is 5.78. The summed E-state index contributed by atoms with van der Waals surface area (Å²) in [5.74, 6) is 0.0693. The molecule has 0 aromatic heterocycles. The molecule has 17 heavy (non-hydrogen) atoms. The van der Waals surface area contributed by atoms with E-state index in [4.69, 9.17) is 0 Å². The maximum atomic E-state index is 11.8. The number of amides is 1. The summed E-state index contributed by atoms with van der Waals surface area (Å²) >= 11 is 0. The lowest BCUT2D eigenvalue weighted by atomic mass is 10.0. The SMILES string of the molecule is CC(O)c1ccc(N2NC(C)(C)CC2=O)cc1. The normalized spacial score (nSPS) is 20.7. The molecule has 1 fully saturated rings. The van der Waals surface area contributed by atoms with Gasteiger partial charge in [-0.1, -0.05) is 12.1 Å². The molecule has 1 atom stereocenters. The number of benzene rings is 1. The Hall–Kier alpha value is -1.39. The first-order valence-electron chi connectivity index (χ1n) is 5.78. The van der Waals surface area contributed by atoms with Gasteiger partial charge in [0.25, 0.3) is 0 Å². The van der Waals surface area contributed by atoms with Crippen molar-refractivity contribution in [2.45, 2.75) is 38.8 Å². The number of hydrogen-bond acceptors (Lipinski definition) is 3. The maximum absolute atomic E-state index is 11.8. The Kier molecular flexibility index (Phi) is 2.93. The third-order valence-corrected chi connectivity index (χ3v) is 2.89. The van der Waals surface area contributed by atoms with E-state index >= 15 is 0 Å². The van der Waals surface area contributed by atoms with Crippen LogP contribution in [0, 0.1) is 0 Å². The second kappa shape index (κ2) is 4.13. The van der Waals surface area contributed by atoms with Crippen LogP contribution >= 0.6 is 0 Å². The number of rotatable bonds is 2. The van der Waals surface area contributed by atoms with Gasteiger partial charge in [-0.25, -0.2) is 10.4 Å². The average Bonchev–Trinajstić information content (AvgIpc) is 2.52. The van der Waals surface area contributed by atoms with Gasteiger partial charge in [0.1, 0.15) is 0 Å². The van der Waals surface area contributed by atoms with E-state index in [2.05, 4.69) is 5.43 Å². The number of nitrogens with zero attached hydrogens (tertiary/aromatic N) is 1. The van der Waals surface area contributed by atoms with Gasteiger partial charge in [0.2, 0.25) is 5.91 Å². The zero-order chi connectivity index (χ0) is 12.6. The fourth-order valence-electron chi connectivity index (χ4n) is 1.97. The fourth-order valence-corrected chi connectivity index (χ4v) is 1.97. The minimum atomic E-state index is -0.484. The van der Waals surface area contributed by atoms with Crippen LogP contribution in [-0.2, 0) is 4.79 Å². The molecule has 4 nitrogen and oxygen atoms in total. The third kappa shape index (κ3) is 2.48. The molecular formula is C13H18N2O2. The Labute approximate surface area is 101 Å². The summed E-state index contributed by atoms with van der Waals surface area (Å²) in [5, 5.41) is 11.0. The first kappa shape index (κ1) is 12.1. The van der Waals surface area contributed by atoms with E-state index < -0.39 is 6.10 Å². The molecule has 92 valence electrons. The summed E-state index contributed by atoms with van der Waals surface area (Å²) in [4.78, 5) is 11.8. The van der Waals surface area contributed by atoms with Crippen molar-refractivity contribution >= 4 is 11.6 Å². The second-order valence-corrected chi connectivity index (χ2v) is 5.17. The van der Waals surface area contributed by atoms with Gasteiger partial charge in [-0.2, -0.15) is 0 Å². The molecule has 1 amide bonds. The van der Waals surface area contributed by atoms with Crippen molar-refractivity contribution in [3.05, 3.63) is 29.8 Å². The van der Waals surface area contributed by atoms with Gasteiger partial charge >= 0.3 is 0 Å². The van der Waals surface area contributed by atoms with Crippen molar-refractivity contribution in [2.24, 2.45) is 0 Å². The van der Waals surface area contributed by atoms with E-state index in [1.54, 1.807) is 11.9 Å². The summed E-state index contributed by atoms with van der Waals surface area (Å²) < 4.78 is 0. The largest absolute Gasteiger partial charge is 0.389 e. The Morgan fingerprint density at radius 3 is 2.35 bits per heavy atom. The van der Waals surface area contributed by atoms with E-state index in [0.717, 1.165) is 11.3 Å². The molecule has 1 heterocycles. The van der Waals surface area contributed by atoms with Crippen molar-refractivity contribution in [3.8, 4) is 0 Å². The molecule has 0 bridgehead atoms. The van der Waals surface area contributed by atoms with Crippen molar-refractivity contribution in [1.82, 2.24) is 5.43 Å². The molecule has 0 spiro atoms. The summed E-state index contributed by atoms with van der Waals surface area (Å²) in [5.41, 5.74) is 4.63. The highest BCUT2D eigenvalue weighted by Crippen LogP contribution is 2.25. The summed E-state index contributed by atoms with van der Waals surface area (Å²) in [7, 11) is 0. The molecule has 2 rings (SSSR count). The molecule has 0 radical (unpaired) electrons. The molecule has 1 aliphatic heterocycles. The van der Waals surface area contributed by atoms with Gasteiger partial charge in [0, 0.05) is 12.0 Å². The highest BCUT2D eigenvalue weighted by Gasteiger charge is 2.35. The molecular weight excluding hydrogens is 216 g/mol. The second-order valence-electron chi connectivity index (χ2n) is 5.17. The zero-order valence-electron chi connectivity index (χ0n) is 10.4. The molecule has 0 saturated carbocycles. The smallest absolute Gasteiger partial charge is 0.243 e. The Morgan fingerprint density at radius 2 is 1.94 bits per heavy atom. The lowest BCUT2D eigenvalue weighted by Gasteiger charge is -2.22. The molecule has 1 aliphatic rings. The van der Waals surface area contributed by atoms with Crippen LogP contribution in [0.3, 0.4) is 0 Å². The quantitative estimate of drug-likeness (QED) is 0.819. The number of hydrazine groups is 1. The average molecular weight is 234 g/mol. The Balaban J connectivity index is 2.21. The van der Waals surface area contributed by atoms with Gasteiger partial charge in [-0.15, -0.1) is 0 Å². The van der Waals surface area contributed by atoms with E-state index in [-0.39, 0.29) is 11.4 Å². The molecule has 2 N–H and O–H groups in total. The van der Waals surface area contributed by atoms with Crippen LogP contribution < -0.4 is 10.4 Å². The van der Waals surface area contributed by atoms with Crippen LogP contribution in [0.4, 0.5) is 5.69 Å². The van der Waals surface area contributed by atoms with Crippen LogP contribution in [0.15, 0.2) is 24.3 Å². The lowest BCUT2D eigenvalue weighted by Crippen LogP contribution is -2.42. The van der Waals surface area contributed by atoms with E-state index in [1.807, 2.05) is 38.1 Å². The Morgan fingerprint density at radius 1 is 1.35 bits per heavy atom. The molecule has 1 aromatic carbocycles. The van der Waals surface area contributed by atoms with Crippen LogP contribution in [0.2, 0.25) is 0 Å². The van der Waals surface area contributed by atoms with Gasteiger partial charge < -0.3 is 5.11 Å². The molecule has 1 unspecified atom stereocenters. The third-order valence-electron chi connectivity index (χ3n) is 2.89. The fraction of sp³-hybridized carbons (Fsp3) is 0.462. The van der Waals surface area contributed by atoms with Gasteiger partial charge in [0.15, 0.2) is 0 Å². The number of carbonyl (C=O) groups excluding carboxylic acids is 1. The number of aliphatic hydroxyl groups is 1. The molecule has 4 heteroatoms.